The first kappa shape index (κ1) is 19.8. The van der Waals surface area contributed by atoms with Gasteiger partial charge in [-0.05, 0) is 59.8 Å². The van der Waals surface area contributed by atoms with Gasteiger partial charge in [0.25, 0.3) is 5.91 Å². The van der Waals surface area contributed by atoms with Crippen LogP contribution in [0.5, 0.6) is 0 Å². The standard InChI is InChI=1S/C22H13Cl2N5OS/c23-14-4-1-5-15(24)19(14)28-22-29-21(30)18(31-22)10-12-6-7-16-17(9-12)27-20(26-16)13-3-2-8-25-11-13/h1-11H,(H,26,27)(H,28,29,30)/b18-10-. The first-order valence-electron chi connectivity index (χ1n) is 9.20. The molecule has 31 heavy (non-hydrogen) atoms. The predicted octanol–water partition coefficient (Wildman–Crippen LogP) is 5.82. The van der Waals surface area contributed by atoms with E-state index in [4.69, 9.17) is 23.2 Å². The number of aromatic amines is 1. The number of nitrogens with one attached hydrogen (secondary N) is 2. The molecular weight excluding hydrogens is 453 g/mol. The number of thioether (sulfide) groups is 1. The molecule has 2 aromatic heterocycles. The van der Waals surface area contributed by atoms with Crippen molar-refractivity contribution in [2.45, 2.75) is 0 Å². The summed E-state index contributed by atoms with van der Waals surface area (Å²) in [5, 5.41) is 4.01. The molecule has 9 heteroatoms. The summed E-state index contributed by atoms with van der Waals surface area (Å²) >= 11 is 13.6. The molecule has 152 valence electrons. The van der Waals surface area contributed by atoms with Crippen LogP contribution < -0.4 is 5.32 Å². The minimum Gasteiger partial charge on any atom is -0.338 e. The summed E-state index contributed by atoms with van der Waals surface area (Å²) in [5.41, 5.74) is 3.90. The smallest absolute Gasteiger partial charge is 0.264 e. The van der Waals surface area contributed by atoms with E-state index in [0.717, 1.165) is 28.0 Å². The highest BCUT2D eigenvalue weighted by atomic mass is 35.5. The third-order valence-electron chi connectivity index (χ3n) is 4.54. The monoisotopic (exact) mass is 465 g/mol. The van der Waals surface area contributed by atoms with Crippen molar-refractivity contribution in [2.75, 3.05) is 0 Å². The van der Waals surface area contributed by atoms with Gasteiger partial charge in [0.15, 0.2) is 5.17 Å². The number of imidazole rings is 1. The number of hydrogen-bond acceptors (Lipinski definition) is 5. The van der Waals surface area contributed by atoms with Crippen LogP contribution in [0.25, 0.3) is 28.5 Å². The Kier molecular flexibility index (Phi) is 5.23. The Labute approximate surface area is 191 Å². The molecule has 2 N–H and O–H groups in total. The van der Waals surface area contributed by atoms with Gasteiger partial charge >= 0.3 is 0 Å². The van der Waals surface area contributed by atoms with Crippen LogP contribution in [0.4, 0.5) is 5.69 Å². The first-order chi connectivity index (χ1) is 15.1. The van der Waals surface area contributed by atoms with Gasteiger partial charge in [-0.2, -0.15) is 0 Å². The van der Waals surface area contributed by atoms with Crippen molar-refractivity contribution in [1.29, 1.82) is 0 Å². The van der Waals surface area contributed by atoms with Crippen LogP contribution in [0.2, 0.25) is 10.0 Å². The highest BCUT2D eigenvalue weighted by Gasteiger charge is 2.24. The van der Waals surface area contributed by atoms with Gasteiger partial charge in [-0.15, -0.1) is 0 Å². The summed E-state index contributed by atoms with van der Waals surface area (Å²) in [4.78, 5) is 29.4. The minimum atomic E-state index is -0.229. The van der Waals surface area contributed by atoms with Crippen LogP contribution in [-0.4, -0.2) is 26.0 Å². The van der Waals surface area contributed by atoms with Crippen molar-refractivity contribution in [3.05, 3.63) is 81.4 Å². The van der Waals surface area contributed by atoms with Crippen LogP contribution in [0.15, 0.2) is 70.8 Å². The normalized spacial score (nSPS) is 16.4. The molecule has 0 saturated carbocycles. The number of para-hydroxylation sites is 1. The van der Waals surface area contributed by atoms with Gasteiger partial charge in [0.2, 0.25) is 0 Å². The van der Waals surface area contributed by atoms with E-state index in [1.165, 1.54) is 11.8 Å². The maximum atomic E-state index is 12.4. The molecule has 0 atom stereocenters. The van der Waals surface area contributed by atoms with Gasteiger partial charge in [0.1, 0.15) is 11.5 Å². The third-order valence-corrected chi connectivity index (χ3v) is 6.06. The quantitative estimate of drug-likeness (QED) is 0.373. The molecule has 6 nitrogen and oxygen atoms in total. The van der Waals surface area contributed by atoms with Gasteiger partial charge in [0, 0.05) is 18.0 Å². The van der Waals surface area contributed by atoms with Crippen LogP contribution in [0, 0.1) is 0 Å². The number of aliphatic imine (C=N–C) groups is 1. The number of fused-ring (bicyclic) bond motifs is 1. The summed E-state index contributed by atoms with van der Waals surface area (Å²) < 4.78 is 0. The van der Waals surface area contributed by atoms with Crippen molar-refractivity contribution in [3.63, 3.8) is 0 Å². The van der Waals surface area contributed by atoms with Gasteiger partial charge < -0.3 is 10.3 Å². The lowest BCUT2D eigenvalue weighted by molar-refractivity contribution is -0.115. The van der Waals surface area contributed by atoms with Crippen LogP contribution in [0.1, 0.15) is 5.56 Å². The summed E-state index contributed by atoms with van der Waals surface area (Å²) in [6, 6.07) is 14.7. The number of aromatic nitrogens is 3. The fourth-order valence-corrected chi connectivity index (χ4v) is 4.40. The molecule has 1 aliphatic rings. The summed E-state index contributed by atoms with van der Waals surface area (Å²) in [6.07, 6.45) is 5.28. The lowest BCUT2D eigenvalue weighted by Gasteiger charge is -2.01. The van der Waals surface area contributed by atoms with Crippen molar-refractivity contribution in [2.24, 2.45) is 4.99 Å². The number of amides is 1. The SMILES string of the molecule is O=C1N/C(=N/c2c(Cl)cccc2Cl)S/C1=C\c1ccc2nc(-c3cccnc3)[nH]c2c1. The predicted molar refractivity (Wildman–Crippen MR) is 127 cm³/mol. The number of hydrogen-bond donors (Lipinski definition) is 2. The molecule has 2 aromatic carbocycles. The number of benzene rings is 2. The summed E-state index contributed by atoms with van der Waals surface area (Å²) in [7, 11) is 0. The second-order valence-corrected chi connectivity index (χ2v) is 8.50. The van der Waals surface area contributed by atoms with Crippen molar-refractivity contribution in [1.82, 2.24) is 20.3 Å². The van der Waals surface area contributed by atoms with Gasteiger partial charge in [0.05, 0.1) is 26.0 Å². The zero-order valence-corrected chi connectivity index (χ0v) is 18.1. The molecule has 1 amide bonds. The van der Waals surface area contributed by atoms with Crippen LogP contribution in [-0.2, 0) is 4.79 Å². The molecule has 0 unspecified atom stereocenters. The number of pyridine rings is 1. The number of amidine groups is 1. The Morgan fingerprint density at radius 3 is 2.68 bits per heavy atom. The Hall–Kier alpha value is -3.13. The lowest BCUT2D eigenvalue weighted by Crippen LogP contribution is -2.19. The summed E-state index contributed by atoms with van der Waals surface area (Å²) in [5.74, 6) is 0.514. The summed E-state index contributed by atoms with van der Waals surface area (Å²) in [6.45, 7) is 0. The molecule has 0 spiro atoms. The van der Waals surface area contributed by atoms with E-state index in [9.17, 15) is 4.79 Å². The van der Waals surface area contributed by atoms with E-state index in [2.05, 4.69) is 25.3 Å². The third kappa shape index (κ3) is 4.07. The number of carbonyl (C=O) groups is 1. The molecule has 1 aliphatic heterocycles. The maximum absolute atomic E-state index is 12.4. The topological polar surface area (TPSA) is 83.0 Å². The molecule has 0 radical (unpaired) electrons. The van der Waals surface area contributed by atoms with Gasteiger partial charge in [-0.25, -0.2) is 9.98 Å². The average molecular weight is 466 g/mol. The largest absolute Gasteiger partial charge is 0.338 e. The van der Waals surface area contributed by atoms with Gasteiger partial charge in [-0.1, -0.05) is 35.3 Å². The Balaban J connectivity index is 1.43. The van der Waals surface area contributed by atoms with Crippen molar-refractivity contribution >= 4 is 68.8 Å². The number of nitrogens with zero attached hydrogens (tertiary/aromatic N) is 3. The van der Waals surface area contributed by atoms with E-state index in [0.29, 0.717) is 25.8 Å². The fraction of sp³-hybridized carbons (Fsp3) is 0. The van der Waals surface area contributed by atoms with E-state index in [1.807, 2.05) is 30.3 Å². The molecule has 3 heterocycles. The molecule has 5 rings (SSSR count). The Morgan fingerprint density at radius 1 is 1.06 bits per heavy atom. The van der Waals surface area contributed by atoms with Crippen molar-refractivity contribution in [3.8, 4) is 11.4 Å². The molecule has 1 saturated heterocycles. The lowest BCUT2D eigenvalue weighted by atomic mass is 10.2. The molecule has 1 fully saturated rings. The van der Waals surface area contributed by atoms with E-state index >= 15 is 0 Å². The molecule has 0 aliphatic carbocycles. The Bertz CT molecular complexity index is 1360. The van der Waals surface area contributed by atoms with Crippen LogP contribution in [0.3, 0.4) is 0 Å². The average Bonchev–Trinajstić information content (AvgIpc) is 3.34. The highest BCUT2D eigenvalue weighted by Crippen LogP contribution is 2.35. The van der Waals surface area contributed by atoms with E-state index in [-0.39, 0.29) is 5.91 Å². The first-order valence-corrected chi connectivity index (χ1v) is 10.8. The second kappa shape index (κ2) is 8.19. The van der Waals surface area contributed by atoms with Crippen molar-refractivity contribution < 1.29 is 4.79 Å². The van der Waals surface area contributed by atoms with E-state index in [1.54, 1.807) is 36.7 Å². The fourth-order valence-electron chi connectivity index (χ4n) is 3.09. The van der Waals surface area contributed by atoms with Crippen LogP contribution >= 0.6 is 35.0 Å². The van der Waals surface area contributed by atoms with Gasteiger partial charge in [-0.3, -0.25) is 9.78 Å². The zero-order chi connectivity index (χ0) is 21.4. The highest BCUT2D eigenvalue weighted by molar-refractivity contribution is 8.18. The number of halogens is 2. The Morgan fingerprint density at radius 2 is 1.90 bits per heavy atom. The molecular formula is C22H13Cl2N5OS. The second-order valence-electron chi connectivity index (χ2n) is 6.66. The minimum absolute atomic E-state index is 0.229. The maximum Gasteiger partial charge on any atom is 0.264 e. The number of rotatable bonds is 3. The number of H-pyrrole nitrogens is 1. The molecule has 4 aromatic rings. The van der Waals surface area contributed by atoms with E-state index < -0.39 is 0 Å². The molecule has 0 bridgehead atoms. The zero-order valence-electron chi connectivity index (χ0n) is 15.8. The number of carbonyl (C=O) groups excluding carboxylic acids is 1.